The average molecular weight is 235 g/mol. The highest BCUT2D eigenvalue weighted by molar-refractivity contribution is 5.62. The lowest BCUT2D eigenvalue weighted by molar-refractivity contribution is 0.184. The Kier molecular flexibility index (Phi) is 3.53. The molecule has 2 rings (SSSR count). The third-order valence-electron chi connectivity index (χ3n) is 2.70. The van der Waals surface area contributed by atoms with Crippen molar-refractivity contribution in [2.45, 2.75) is 26.3 Å². The maximum atomic E-state index is 5.15. The third-order valence-corrected chi connectivity index (χ3v) is 2.70. The maximum Gasteiger partial charge on any atom is 0.203 e. The summed E-state index contributed by atoms with van der Waals surface area (Å²) >= 11 is 0. The molecule has 0 radical (unpaired) electrons. The summed E-state index contributed by atoms with van der Waals surface area (Å²) in [5, 5.41) is 11.5. The van der Waals surface area contributed by atoms with Gasteiger partial charge in [-0.05, 0) is 13.3 Å². The summed E-state index contributed by atoms with van der Waals surface area (Å²) < 4.78 is 7.06. The number of aryl methyl sites for hydroxylation is 1. The third kappa shape index (κ3) is 2.36. The molecule has 0 aliphatic rings. The molecule has 0 aliphatic carbocycles. The van der Waals surface area contributed by atoms with Crippen molar-refractivity contribution >= 4 is 11.5 Å². The summed E-state index contributed by atoms with van der Waals surface area (Å²) in [6.45, 7) is 4.66. The van der Waals surface area contributed by atoms with Crippen LogP contribution in [0.3, 0.4) is 0 Å². The molecule has 6 nitrogen and oxygen atoms in total. The van der Waals surface area contributed by atoms with Crippen LogP contribution in [0.15, 0.2) is 12.4 Å². The van der Waals surface area contributed by atoms with E-state index in [2.05, 4.69) is 27.4 Å². The van der Waals surface area contributed by atoms with Gasteiger partial charge in [-0.15, -0.1) is 10.2 Å². The SMILES string of the molecule is CCC(COC)Nc1nccn2c(C)nnc12. The number of fused-ring (bicyclic) bond motifs is 1. The van der Waals surface area contributed by atoms with Crippen molar-refractivity contribution in [2.75, 3.05) is 19.0 Å². The Hall–Kier alpha value is -1.69. The molecular weight excluding hydrogens is 218 g/mol. The highest BCUT2D eigenvalue weighted by atomic mass is 16.5. The molecule has 17 heavy (non-hydrogen) atoms. The fourth-order valence-electron chi connectivity index (χ4n) is 1.70. The summed E-state index contributed by atoms with van der Waals surface area (Å²) in [6.07, 6.45) is 4.56. The fraction of sp³-hybridized carbons (Fsp3) is 0.545. The van der Waals surface area contributed by atoms with Crippen LogP contribution in [0.1, 0.15) is 19.2 Å². The van der Waals surface area contributed by atoms with E-state index < -0.39 is 0 Å². The van der Waals surface area contributed by atoms with Crippen LogP contribution in [0.5, 0.6) is 0 Å². The second-order valence-corrected chi connectivity index (χ2v) is 3.92. The van der Waals surface area contributed by atoms with Crippen molar-refractivity contribution in [3.63, 3.8) is 0 Å². The number of nitrogens with one attached hydrogen (secondary N) is 1. The monoisotopic (exact) mass is 235 g/mol. The zero-order valence-electron chi connectivity index (χ0n) is 10.3. The van der Waals surface area contributed by atoms with Crippen LogP contribution in [0.2, 0.25) is 0 Å². The number of methoxy groups -OCH3 is 1. The standard InChI is InChI=1S/C11H17N5O/c1-4-9(7-17-3)13-10-11-15-14-8(2)16(11)6-5-12-10/h5-6,9H,4,7H2,1-3H3,(H,12,13). The number of aromatic nitrogens is 4. The highest BCUT2D eigenvalue weighted by Crippen LogP contribution is 2.13. The molecule has 2 aromatic rings. The lowest BCUT2D eigenvalue weighted by Gasteiger charge is -2.16. The molecule has 0 aliphatic heterocycles. The van der Waals surface area contributed by atoms with Gasteiger partial charge in [-0.25, -0.2) is 4.98 Å². The van der Waals surface area contributed by atoms with Gasteiger partial charge < -0.3 is 10.1 Å². The van der Waals surface area contributed by atoms with E-state index in [1.54, 1.807) is 13.3 Å². The van der Waals surface area contributed by atoms with E-state index in [9.17, 15) is 0 Å². The van der Waals surface area contributed by atoms with Crippen LogP contribution >= 0.6 is 0 Å². The topological polar surface area (TPSA) is 64.3 Å². The van der Waals surface area contributed by atoms with Gasteiger partial charge in [0.2, 0.25) is 5.65 Å². The van der Waals surface area contributed by atoms with Crippen molar-refractivity contribution < 1.29 is 4.74 Å². The molecule has 0 saturated heterocycles. The second kappa shape index (κ2) is 5.09. The van der Waals surface area contributed by atoms with Gasteiger partial charge in [0.1, 0.15) is 5.82 Å². The van der Waals surface area contributed by atoms with Gasteiger partial charge in [0, 0.05) is 19.5 Å². The number of ether oxygens (including phenoxy) is 1. The Labute approximate surface area is 100 Å². The first-order valence-corrected chi connectivity index (χ1v) is 5.68. The summed E-state index contributed by atoms with van der Waals surface area (Å²) in [7, 11) is 1.69. The fourth-order valence-corrected chi connectivity index (χ4v) is 1.70. The minimum absolute atomic E-state index is 0.232. The quantitative estimate of drug-likeness (QED) is 0.845. The molecule has 0 fully saturated rings. The minimum atomic E-state index is 0.232. The van der Waals surface area contributed by atoms with Crippen molar-refractivity contribution in [1.29, 1.82) is 0 Å². The van der Waals surface area contributed by atoms with Crippen LogP contribution < -0.4 is 5.32 Å². The zero-order valence-corrected chi connectivity index (χ0v) is 10.3. The largest absolute Gasteiger partial charge is 0.383 e. The number of hydrogen-bond acceptors (Lipinski definition) is 5. The number of hydrogen-bond donors (Lipinski definition) is 1. The molecule has 0 bridgehead atoms. The smallest absolute Gasteiger partial charge is 0.203 e. The molecular formula is C11H17N5O. The Balaban J connectivity index is 2.29. The van der Waals surface area contributed by atoms with Gasteiger partial charge in [0.15, 0.2) is 5.82 Å². The van der Waals surface area contributed by atoms with E-state index in [1.807, 2.05) is 17.5 Å². The van der Waals surface area contributed by atoms with Crippen LogP contribution in [0.25, 0.3) is 5.65 Å². The van der Waals surface area contributed by atoms with Crippen LogP contribution in [0, 0.1) is 6.92 Å². The van der Waals surface area contributed by atoms with Crippen molar-refractivity contribution in [1.82, 2.24) is 19.6 Å². The molecule has 2 aromatic heterocycles. The molecule has 1 N–H and O–H groups in total. The molecule has 0 aromatic carbocycles. The van der Waals surface area contributed by atoms with Crippen LogP contribution in [0.4, 0.5) is 5.82 Å². The van der Waals surface area contributed by atoms with Crippen molar-refractivity contribution in [3.8, 4) is 0 Å². The van der Waals surface area contributed by atoms with Crippen LogP contribution in [-0.2, 0) is 4.74 Å². The second-order valence-electron chi connectivity index (χ2n) is 3.92. The van der Waals surface area contributed by atoms with E-state index in [4.69, 9.17) is 4.74 Å². The Morgan fingerprint density at radius 3 is 3.00 bits per heavy atom. The van der Waals surface area contributed by atoms with E-state index >= 15 is 0 Å². The highest BCUT2D eigenvalue weighted by Gasteiger charge is 2.11. The van der Waals surface area contributed by atoms with Gasteiger partial charge >= 0.3 is 0 Å². The van der Waals surface area contributed by atoms with Crippen molar-refractivity contribution in [3.05, 3.63) is 18.2 Å². The van der Waals surface area contributed by atoms with Gasteiger partial charge in [-0.1, -0.05) is 6.92 Å². The van der Waals surface area contributed by atoms with Gasteiger partial charge in [-0.2, -0.15) is 0 Å². The van der Waals surface area contributed by atoms with Gasteiger partial charge in [0.25, 0.3) is 0 Å². The lowest BCUT2D eigenvalue weighted by atomic mass is 10.2. The number of anilines is 1. The maximum absolute atomic E-state index is 5.15. The Bertz CT molecular complexity index is 496. The molecule has 1 atom stereocenters. The number of rotatable bonds is 5. The summed E-state index contributed by atoms with van der Waals surface area (Å²) in [4.78, 5) is 4.30. The average Bonchev–Trinajstić information content (AvgIpc) is 2.72. The van der Waals surface area contributed by atoms with Crippen molar-refractivity contribution in [2.24, 2.45) is 0 Å². The Morgan fingerprint density at radius 2 is 2.29 bits per heavy atom. The zero-order chi connectivity index (χ0) is 12.3. The van der Waals surface area contributed by atoms with E-state index in [1.165, 1.54) is 0 Å². The minimum Gasteiger partial charge on any atom is -0.383 e. The summed E-state index contributed by atoms with van der Waals surface area (Å²) in [5.41, 5.74) is 0.750. The molecule has 0 amide bonds. The summed E-state index contributed by atoms with van der Waals surface area (Å²) in [6, 6.07) is 0.232. The van der Waals surface area contributed by atoms with Gasteiger partial charge in [-0.3, -0.25) is 4.40 Å². The molecule has 2 heterocycles. The predicted molar refractivity (Wildman–Crippen MR) is 65.1 cm³/mol. The lowest BCUT2D eigenvalue weighted by Crippen LogP contribution is -2.24. The van der Waals surface area contributed by atoms with E-state index in [0.29, 0.717) is 6.61 Å². The molecule has 6 heteroatoms. The van der Waals surface area contributed by atoms with E-state index in [-0.39, 0.29) is 6.04 Å². The molecule has 0 saturated carbocycles. The summed E-state index contributed by atoms with van der Waals surface area (Å²) in [5.74, 6) is 1.60. The first-order chi connectivity index (χ1) is 8.26. The first kappa shape index (κ1) is 11.8. The predicted octanol–water partition coefficient (Wildman–Crippen LogP) is 1.27. The molecule has 0 spiro atoms. The molecule has 1 unspecified atom stereocenters. The molecule has 92 valence electrons. The normalized spacial score (nSPS) is 12.9. The first-order valence-electron chi connectivity index (χ1n) is 5.68. The number of nitrogens with zero attached hydrogens (tertiary/aromatic N) is 4. The Morgan fingerprint density at radius 1 is 1.47 bits per heavy atom. The van der Waals surface area contributed by atoms with Gasteiger partial charge in [0.05, 0.1) is 12.6 Å². The van der Waals surface area contributed by atoms with Crippen LogP contribution in [-0.4, -0.2) is 39.3 Å². The van der Waals surface area contributed by atoms with E-state index in [0.717, 1.165) is 23.7 Å².